The number of carboxylic acids is 1. The Morgan fingerprint density at radius 2 is 2.35 bits per heavy atom. The molecular formula is C12H18N2O2S. The Bertz CT molecular complexity index is 396. The van der Waals surface area contributed by atoms with Gasteiger partial charge in [-0.2, -0.15) is 11.8 Å². The Hall–Kier alpha value is -1.23. The van der Waals surface area contributed by atoms with Gasteiger partial charge < -0.3 is 10.4 Å². The molecule has 0 amide bonds. The molecule has 0 saturated carbocycles. The fraction of sp³-hybridized carbons (Fsp3) is 0.500. The van der Waals surface area contributed by atoms with Crippen molar-refractivity contribution in [3.63, 3.8) is 0 Å². The summed E-state index contributed by atoms with van der Waals surface area (Å²) in [7, 11) is 0. The van der Waals surface area contributed by atoms with Gasteiger partial charge in [0.15, 0.2) is 0 Å². The molecule has 1 rings (SSSR count). The lowest BCUT2D eigenvalue weighted by molar-refractivity contribution is 0.0697. The van der Waals surface area contributed by atoms with E-state index in [-0.39, 0.29) is 5.56 Å². The van der Waals surface area contributed by atoms with Crippen molar-refractivity contribution in [3.8, 4) is 0 Å². The number of aromatic nitrogens is 1. The van der Waals surface area contributed by atoms with Crippen LogP contribution in [0.4, 0.5) is 5.82 Å². The van der Waals surface area contributed by atoms with Gasteiger partial charge in [-0.15, -0.1) is 0 Å². The van der Waals surface area contributed by atoms with E-state index in [1.807, 2.05) is 0 Å². The van der Waals surface area contributed by atoms with Crippen molar-refractivity contribution < 1.29 is 9.90 Å². The Labute approximate surface area is 106 Å². The van der Waals surface area contributed by atoms with E-state index in [0.29, 0.717) is 11.1 Å². The fourth-order valence-corrected chi connectivity index (χ4v) is 1.83. The number of thioether (sulfide) groups is 1. The summed E-state index contributed by atoms with van der Waals surface area (Å²) in [5, 5.41) is 12.8. The van der Waals surface area contributed by atoms with Gasteiger partial charge in [0.25, 0.3) is 0 Å². The van der Waals surface area contributed by atoms with Gasteiger partial charge in [-0.3, -0.25) is 0 Å². The third-order valence-corrected chi connectivity index (χ3v) is 3.66. The molecule has 0 aliphatic carbocycles. The molecule has 1 atom stereocenters. The van der Waals surface area contributed by atoms with Crippen LogP contribution in [0.25, 0.3) is 0 Å². The molecule has 0 aromatic carbocycles. The van der Waals surface area contributed by atoms with Crippen LogP contribution in [0.3, 0.4) is 0 Å². The predicted molar refractivity (Wildman–Crippen MR) is 72.0 cm³/mol. The zero-order valence-electron chi connectivity index (χ0n) is 10.4. The highest BCUT2D eigenvalue weighted by atomic mass is 32.2. The average Bonchev–Trinajstić information content (AvgIpc) is 2.28. The van der Waals surface area contributed by atoms with Crippen molar-refractivity contribution in [3.05, 3.63) is 23.4 Å². The van der Waals surface area contributed by atoms with E-state index in [1.54, 1.807) is 30.9 Å². The minimum absolute atomic E-state index is 0.268. The minimum atomic E-state index is -0.934. The van der Waals surface area contributed by atoms with Crippen LogP contribution in [0, 0.1) is 6.92 Å². The lowest BCUT2D eigenvalue weighted by Gasteiger charge is -2.12. The van der Waals surface area contributed by atoms with Gasteiger partial charge in [-0.05, 0) is 31.2 Å². The summed E-state index contributed by atoms with van der Waals surface area (Å²) in [5.74, 6) is -0.471. The molecule has 0 radical (unpaired) electrons. The zero-order chi connectivity index (χ0) is 12.8. The number of pyridine rings is 1. The lowest BCUT2D eigenvalue weighted by Crippen LogP contribution is -2.13. The Morgan fingerprint density at radius 3 is 2.94 bits per heavy atom. The molecule has 1 unspecified atom stereocenters. The van der Waals surface area contributed by atoms with Crippen LogP contribution in [0.15, 0.2) is 12.3 Å². The molecule has 0 aliphatic heterocycles. The molecule has 1 aromatic rings. The molecule has 0 bridgehead atoms. The molecule has 0 spiro atoms. The smallest absolute Gasteiger partial charge is 0.339 e. The molecule has 2 N–H and O–H groups in total. The number of aryl methyl sites for hydroxylation is 1. The first-order valence-electron chi connectivity index (χ1n) is 5.51. The number of carboxylic acid groups (broad SMARTS) is 1. The first-order chi connectivity index (χ1) is 8.06. The molecule has 4 nitrogen and oxygen atoms in total. The maximum absolute atomic E-state index is 11.1. The van der Waals surface area contributed by atoms with Gasteiger partial charge in [-0.25, -0.2) is 9.78 Å². The second kappa shape index (κ2) is 6.49. The number of rotatable bonds is 6. The van der Waals surface area contributed by atoms with Crippen LogP contribution >= 0.6 is 11.8 Å². The van der Waals surface area contributed by atoms with Crippen molar-refractivity contribution >= 4 is 23.5 Å². The van der Waals surface area contributed by atoms with E-state index in [2.05, 4.69) is 23.5 Å². The largest absolute Gasteiger partial charge is 0.478 e. The van der Waals surface area contributed by atoms with E-state index in [0.717, 1.165) is 18.5 Å². The minimum Gasteiger partial charge on any atom is -0.478 e. The van der Waals surface area contributed by atoms with Crippen molar-refractivity contribution in [1.82, 2.24) is 4.98 Å². The van der Waals surface area contributed by atoms with Gasteiger partial charge in [0.1, 0.15) is 11.4 Å². The quantitative estimate of drug-likeness (QED) is 0.817. The van der Waals surface area contributed by atoms with Crippen LogP contribution in [-0.2, 0) is 0 Å². The second-order valence-electron chi connectivity index (χ2n) is 3.92. The highest BCUT2D eigenvalue weighted by Gasteiger charge is 2.13. The third kappa shape index (κ3) is 3.93. The summed E-state index contributed by atoms with van der Waals surface area (Å²) in [4.78, 5) is 15.2. The van der Waals surface area contributed by atoms with Gasteiger partial charge >= 0.3 is 5.97 Å². The maximum atomic E-state index is 11.1. The Kier molecular flexibility index (Phi) is 5.28. The first kappa shape index (κ1) is 13.8. The standard InChI is InChI=1S/C12H18N2O2S/c1-8-4-6-13-11(10(8)12(15)16)14-7-5-9(2)17-3/h4,6,9H,5,7H2,1-3H3,(H,13,14)(H,15,16). The molecule has 0 fully saturated rings. The number of carbonyl (C=O) groups is 1. The highest BCUT2D eigenvalue weighted by Crippen LogP contribution is 2.17. The van der Waals surface area contributed by atoms with E-state index >= 15 is 0 Å². The molecule has 0 saturated heterocycles. The first-order valence-corrected chi connectivity index (χ1v) is 6.80. The zero-order valence-corrected chi connectivity index (χ0v) is 11.2. The SMILES string of the molecule is CSC(C)CCNc1nccc(C)c1C(=O)O. The van der Waals surface area contributed by atoms with Crippen LogP contribution in [0.1, 0.15) is 29.3 Å². The normalized spacial score (nSPS) is 12.2. The van der Waals surface area contributed by atoms with Crippen LogP contribution in [-0.4, -0.2) is 34.1 Å². The van der Waals surface area contributed by atoms with E-state index in [4.69, 9.17) is 5.11 Å². The third-order valence-electron chi connectivity index (χ3n) is 2.62. The molecule has 1 aromatic heterocycles. The van der Waals surface area contributed by atoms with Gasteiger partial charge in [0.2, 0.25) is 0 Å². The van der Waals surface area contributed by atoms with E-state index in [1.165, 1.54) is 0 Å². The predicted octanol–water partition coefficient (Wildman–Crippen LogP) is 2.64. The van der Waals surface area contributed by atoms with Crippen molar-refractivity contribution in [1.29, 1.82) is 0 Å². The summed E-state index contributed by atoms with van der Waals surface area (Å²) in [6.07, 6.45) is 4.68. The monoisotopic (exact) mass is 254 g/mol. The Morgan fingerprint density at radius 1 is 1.65 bits per heavy atom. The second-order valence-corrected chi connectivity index (χ2v) is 5.19. The summed E-state index contributed by atoms with van der Waals surface area (Å²) in [6.45, 7) is 4.66. The number of hydrogen-bond donors (Lipinski definition) is 2. The fourth-order valence-electron chi connectivity index (χ4n) is 1.47. The average molecular weight is 254 g/mol. The summed E-state index contributed by atoms with van der Waals surface area (Å²) in [5.41, 5.74) is 0.997. The van der Waals surface area contributed by atoms with Crippen molar-refractivity contribution in [2.75, 3.05) is 18.1 Å². The summed E-state index contributed by atoms with van der Waals surface area (Å²) >= 11 is 1.80. The number of nitrogens with zero attached hydrogens (tertiary/aromatic N) is 1. The van der Waals surface area contributed by atoms with E-state index in [9.17, 15) is 4.79 Å². The molecule has 94 valence electrons. The highest BCUT2D eigenvalue weighted by molar-refractivity contribution is 7.99. The molecule has 5 heteroatoms. The van der Waals surface area contributed by atoms with Gasteiger partial charge in [-0.1, -0.05) is 6.92 Å². The van der Waals surface area contributed by atoms with Crippen molar-refractivity contribution in [2.24, 2.45) is 0 Å². The molecular weight excluding hydrogens is 236 g/mol. The van der Waals surface area contributed by atoms with E-state index < -0.39 is 5.97 Å². The van der Waals surface area contributed by atoms with Crippen molar-refractivity contribution in [2.45, 2.75) is 25.5 Å². The summed E-state index contributed by atoms with van der Waals surface area (Å²) < 4.78 is 0. The van der Waals surface area contributed by atoms with Crippen LogP contribution in [0.2, 0.25) is 0 Å². The molecule has 17 heavy (non-hydrogen) atoms. The number of nitrogens with one attached hydrogen (secondary N) is 1. The van der Waals surface area contributed by atoms with Crippen LogP contribution < -0.4 is 5.32 Å². The maximum Gasteiger partial charge on any atom is 0.339 e. The molecule has 1 heterocycles. The summed E-state index contributed by atoms with van der Waals surface area (Å²) in [6, 6.07) is 1.71. The van der Waals surface area contributed by atoms with Crippen LogP contribution in [0.5, 0.6) is 0 Å². The lowest BCUT2D eigenvalue weighted by atomic mass is 10.1. The number of anilines is 1. The number of hydrogen-bond acceptors (Lipinski definition) is 4. The van der Waals surface area contributed by atoms with Gasteiger partial charge in [0, 0.05) is 18.0 Å². The molecule has 0 aliphatic rings. The number of aromatic carboxylic acids is 1. The Balaban J connectivity index is 2.71. The van der Waals surface area contributed by atoms with Gasteiger partial charge in [0.05, 0.1) is 0 Å². The topological polar surface area (TPSA) is 62.2 Å².